The Bertz CT molecular complexity index is 735. The number of nitro benzene ring substituents is 1. The minimum atomic E-state index is -3.65. The number of nitrogens with one attached hydrogen (secondary N) is 1. The fourth-order valence-electron chi connectivity index (χ4n) is 1.90. The third-order valence-corrected chi connectivity index (χ3v) is 4.56. The minimum Gasteiger partial charge on any atom is -0.354 e. The minimum absolute atomic E-state index is 0.0139. The number of rotatable bonds is 6. The van der Waals surface area contributed by atoms with Gasteiger partial charge in [0, 0.05) is 44.0 Å². The van der Waals surface area contributed by atoms with Gasteiger partial charge >= 0.3 is 0 Å². The lowest BCUT2D eigenvalue weighted by Crippen LogP contribution is -2.26. The lowest BCUT2D eigenvalue weighted by molar-refractivity contribution is -0.384. The molecule has 8 heteroatoms. The predicted molar refractivity (Wildman–Crippen MR) is 77.4 cm³/mol. The van der Waals surface area contributed by atoms with Crippen LogP contribution in [-0.2, 0) is 23.5 Å². The number of benzene rings is 1. The molecule has 0 fully saturated rings. The van der Waals surface area contributed by atoms with Crippen molar-refractivity contribution in [2.75, 3.05) is 6.54 Å². The van der Waals surface area contributed by atoms with Crippen molar-refractivity contribution >= 4 is 15.7 Å². The number of nitro groups is 1. The van der Waals surface area contributed by atoms with E-state index in [0.717, 1.165) is 5.69 Å². The van der Waals surface area contributed by atoms with E-state index >= 15 is 0 Å². The second-order valence-electron chi connectivity index (χ2n) is 4.51. The van der Waals surface area contributed by atoms with E-state index in [-0.39, 0.29) is 17.1 Å². The molecule has 7 nitrogen and oxygen atoms in total. The maximum Gasteiger partial charge on any atom is 0.269 e. The highest BCUT2D eigenvalue weighted by molar-refractivity contribution is 7.89. The smallest absolute Gasteiger partial charge is 0.269 e. The van der Waals surface area contributed by atoms with E-state index in [1.54, 1.807) is 0 Å². The van der Waals surface area contributed by atoms with Gasteiger partial charge in [-0.05, 0) is 24.3 Å². The van der Waals surface area contributed by atoms with Gasteiger partial charge in [-0.3, -0.25) is 10.1 Å². The first-order valence-corrected chi connectivity index (χ1v) is 7.73. The molecule has 0 atom stereocenters. The van der Waals surface area contributed by atoms with E-state index in [9.17, 15) is 18.5 Å². The number of hydrogen-bond acceptors (Lipinski definition) is 4. The van der Waals surface area contributed by atoms with E-state index in [1.807, 2.05) is 29.9 Å². The summed E-state index contributed by atoms with van der Waals surface area (Å²) in [5, 5.41) is 10.5. The summed E-state index contributed by atoms with van der Waals surface area (Å²) in [4.78, 5) is 9.98. The number of sulfonamides is 1. The van der Waals surface area contributed by atoms with Crippen molar-refractivity contribution < 1.29 is 13.3 Å². The van der Waals surface area contributed by atoms with Crippen LogP contribution in [0.1, 0.15) is 5.69 Å². The molecule has 1 aromatic carbocycles. The van der Waals surface area contributed by atoms with Gasteiger partial charge < -0.3 is 4.57 Å². The molecule has 0 spiro atoms. The zero-order valence-corrected chi connectivity index (χ0v) is 12.2. The summed E-state index contributed by atoms with van der Waals surface area (Å²) in [6, 6.07) is 8.60. The van der Waals surface area contributed by atoms with Crippen LogP contribution in [0.2, 0.25) is 0 Å². The van der Waals surface area contributed by atoms with Crippen LogP contribution in [0.3, 0.4) is 0 Å². The molecule has 2 aromatic rings. The summed E-state index contributed by atoms with van der Waals surface area (Å²) in [5.41, 5.74) is 0.874. The maximum absolute atomic E-state index is 12.0. The van der Waals surface area contributed by atoms with Crippen molar-refractivity contribution in [3.8, 4) is 0 Å². The van der Waals surface area contributed by atoms with Gasteiger partial charge in [0.15, 0.2) is 0 Å². The fraction of sp³-hybridized carbons (Fsp3) is 0.231. The predicted octanol–water partition coefficient (Wildman–Crippen LogP) is 1.45. The number of hydrogen-bond donors (Lipinski definition) is 1. The quantitative estimate of drug-likeness (QED) is 0.645. The normalized spacial score (nSPS) is 11.5. The van der Waals surface area contributed by atoms with Crippen LogP contribution < -0.4 is 4.72 Å². The molecule has 0 saturated carbocycles. The number of aryl methyl sites for hydroxylation is 1. The summed E-state index contributed by atoms with van der Waals surface area (Å²) in [7, 11) is -1.76. The Morgan fingerprint density at radius 1 is 1.24 bits per heavy atom. The number of non-ortho nitro benzene ring substituents is 1. The van der Waals surface area contributed by atoms with Crippen LogP contribution in [0.25, 0.3) is 0 Å². The van der Waals surface area contributed by atoms with Gasteiger partial charge in [0.05, 0.1) is 9.82 Å². The Morgan fingerprint density at radius 3 is 2.43 bits per heavy atom. The van der Waals surface area contributed by atoms with Crippen LogP contribution in [0, 0.1) is 10.1 Å². The van der Waals surface area contributed by atoms with Gasteiger partial charge in [-0.15, -0.1) is 0 Å². The summed E-state index contributed by atoms with van der Waals surface area (Å²) < 4.78 is 28.5. The van der Waals surface area contributed by atoms with E-state index in [4.69, 9.17) is 0 Å². The summed E-state index contributed by atoms with van der Waals surface area (Å²) in [6.07, 6.45) is 2.45. The lowest BCUT2D eigenvalue weighted by atomic mass is 10.3. The Kier molecular flexibility index (Phi) is 4.39. The number of aromatic nitrogens is 1. The van der Waals surface area contributed by atoms with Gasteiger partial charge in [0.25, 0.3) is 5.69 Å². The molecule has 112 valence electrons. The summed E-state index contributed by atoms with van der Waals surface area (Å²) in [6.45, 7) is 0.261. The maximum atomic E-state index is 12.0. The Morgan fingerprint density at radius 2 is 1.90 bits per heavy atom. The molecular formula is C13H15N3O4S. The Labute approximate surface area is 122 Å². The fourth-order valence-corrected chi connectivity index (χ4v) is 2.93. The molecule has 0 saturated heterocycles. The van der Waals surface area contributed by atoms with E-state index in [2.05, 4.69) is 4.72 Å². The highest BCUT2D eigenvalue weighted by Gasteiger charge is 2.15. The van der Waals surface area contributed by atoms with Crippen molar-refractivity contribution in [2.24, 2.45) is 7.05 Å². The summed E-state index contributed by atoms with van der Waals surface area (Å²) in [5.74, 6) is 0. The topological polar surface area (TPSA) is 94.2 Å². The van der Waals surface area contributed by atoms with Gasteiger partial charge in [-0.25, -0.2) is 13.1 Å². The van der Waals surface area contributed by atoms with Crippen LogP contribution in [0.15, 0.2) is 47.5 Å². The van der Waals surface area contributed by atoms with Crippen molar-refractivity contribution in [1.82, 2.24) is 9.29 Å². The zero-order chi connectivity index (χ0) is 15.5. The molecular weight excluding hydrogens is 294 g/mol. The molecule has 0 aliphatic rings. The lowest BCUT2D eigenvalue weighted by Gasteiger charge is -2.07. The largest absolute Gasteiger partial charge is 0.354 e. The highest BCUT2D eigenvalue weighted by atomic mass is 32.2. The van der Waals surface area contributed by atoms with Gasteiger partial charge in [0.2, 0.25) is 10.0 Å². The van der Waals surface area contributed by atoms with Gasteiger partial charge in [-0.1, -0.05) is 0 Å². The third-order valence-electron chi connectivity index (χ3n) is 3.08. The Hall–Kier alpha value is -2.19. The molecule has 1 N–H and O–H groups in total. The molecule has 1 aromatic heterocycles. The van der Waals surface area contributed by atoms with Crippen molar-refractivity contribution in [1.29, 1.82) is 0 Å². The first kappa shape index (κ1) is 15.2. The van der Waals surface area contributed by atoms with Crippen LogP contribution in [0.4, 0.5) is 5.69 Å². The van der Waals surface area contributed by atoms with Crippen molar-refractivity contribution in [3.05, 3.63) is 58.4 Å². The zero-order valence-electron chi connectivity index (χ0n) is 11.4. The van der Waals surface area contributed by atoms with E-state index in [1.165, 1.54) is 24.3 Å². The Balaban J connectivity index is 2.01. The average Bonchev–Trinajstić information content (AvgIpc) is 2.84. The van der Waals surface area contributed by atoms with Crippen molar-refractivity contribution in [2.45, 2.75) is 11.3 Å². The molecule has 0 bridgehead atoms. The molecule has 1 heterocycles. The second kappa shape index (κ2) is 6.06. The average molecular weight is 309 g/mol. The molecule has 0 aliphatic heterocycles. The monoisotopic (exact) mass is 309 g/mol. The third kappa shape index (κ3) is 3.67. The SMILES string of the molecule is Cn1cccc1CCNS(=O)(=O)c1ccc([N+](=O)[O-])cc1. The highest BCUT2D eigenvalue weighted by Crippen LogP contribution is 2.15. The van der Waals surface area contributed by atoms with E-state index < -0.39 is 14.9 Å². The number of nitrogens with zero attached hydrogens (tertiary/aromatic N) is 2. The molecule has 0 unspecified atom stereocenters. The molecule has 0 radical (unpaired) electrons. The first-order chi connectivity index (χ1) is 9.90. The standard InChI is InChI=1S/C13H15N3O4S/c1-15-10-2-3-11(15)8-9-14-21(19,20)13-6-4-12(5-7-13)16(17)18/h2-7,10,14H,8-9H2,1H3. The molecule has 0 amide bonds. The van der Waals surface area contributed by atoms with Crippen LogP contribution >= 0.6 is 0 Å². The first-order valence-electron chi connectivity index (χ1n) is 6.24. The molecule has 21 heavy (non-hydrogen) atoms. The van der Waals surface area contributed by atoms with Gasteiger partial charge in [0.1, 0.15) is 0 Å². The van der Waals surface area contributed by atoms with E-state index in [0.29, 0.717) is 6.42 Å². The molecule has 2 rings (SSSR count). The van der Waals surface area contributed by atoms with Crippen LogP contribution in [-0.4, -0.2) is 24.5 Å². The second-order valence-corrected chi connectivity index (χ2v) is 6.28. The van der Waals surface area contributed by atoms with Crippen LogP contribution in [0.5, 0.6) is 0 Å². The van der Waals surface area contributed by atoms with Gasteiger partial charge in [-0.2, -0.15) is 0 Å². The molecule has 0 aliphatic carbocycles. The summed E-state index contributed by atoms with van der Waals surface area (Å²) >= 11 is 0. The van der Waals surface area contributed by atoms with Crippen molar-refractivity contribution in [3.63, 3.8) is 0 Å².